The first-order valence-corrected chi connectivity index (χ1v) is 5.24. The van der Waals surface area contributed by atoms with Gasteiger partial charge in [0.05, 0.1) is 0 Å². The fourth-order valence-corrected chi connectivity index (χ4v) is 1.14. The summed E-state index contributed by atoms with van der Waals surface area (Å²) in [4.78, 5) is 17.3. The van der Waals surface area contributed by atoms with Gasteiger partial charge >= 0.3 is 6.03 Å². The van der Waals surface area contributed by atoms with Gasteiger partial charge in [-0.25, -0.2) is 4.79 Å². The predicted molar refractivity (Wildman–Crippen MR) is 63.0 cm³/mol. The van der Waals surface area contributed by atoms with Crippen LogP contribution in [0.1, 0.15) is 5.56 Å². The van der Waals surface area contributed by atoms with Gasteiger partial charge in [0.1, 0.15) is 0 Å². The highest BCUT2D eigenvalue weighted by molar-refractivity contribution is 5.73. The van der Waals surface area contributed by atoms with Gasteiger partial charge in [0, 0.05) is 32.0 Å². The van der Waals surface area contributed by atoms with Crippen LogP contribution in [0.15, 0.2) is 24.5 Å². The zero-order valence-electron chi connectivity index (χ0n) is 9.73. The van der Waals surface area contributed by atoms with Crippen LogP contribution >= 0.6 is 0 Å². The van der Waals surface area contributed by atoms with Gasteiger partial charge in [-0.3, -0.25) is 4.98 Å². The molecule has 0 unspecified atom stereocenters. The number of pyridine rings is 1. The van der Waals surface area contributed by atoms with E-state index in [1.165, 1.54) is 0 Å². The van der Waals surface area contributed by atoms with Crippen LogP contribution in [-0.4, -0.2) is 43.1 Å². The molecule has 0 radical (unpaired) electrons. The molecule has 1 aromatic rings. The molecule has 0 saturated carbocycles. The first kappa shape index (κ1) is 12.4. The molecule has 88 valence electrons. The van der Waals surface area contributed by atoms with Crippen molar-refractivity contribution >= 4 is 6.03 Å². The number of urea groups is 1. The lowest BCUT2D eigenvalue weighted by Gasteiger charge is -2.11. The summed E-state index contributed by atoms with van der Waals surface area (Å²) in [6.45, 7) is 2.01. The molecule has 2 amide bonds. The van der Waals surface area contributed by atoms with Crippen LogP contribution in [0.4, 0.5) is 4.79 Å². The Morgan fingerprint density at radius 2 is 2.00 bits per heavy atom. The lowest BCUT2D eigenvalue weighted by molar-refractivity contribution is 0.239. The van der Waals surface area contributed by atoms with Gasteiger partial charge in [-0.2, -0.15) is 0 Å². The Bertz CT molecular complexity index is 313. The van der Waals surface area contributed by atoms with E-state index in [2.05, 4.69) is 15.6 Å². The van der Waals surface area contributed by atoms with E-state index in [0.29, 0.717) is 13.1 Å². The monoisotopic (exact) mass is 222 g/mol. The van der Waals surface area contributed by atoms with Crippen molar-refractivity contribution in [3.8, 4) is 0 Å². The molecule has 0 aliphatic rings. The average molecular weight is 222 g/mol. The molecule has 0 bridgehead atoms. The second kappa shape index (κ2) is 6.79. The number of nitrogens with one attached hydrogen (secondary N) is 2. The molecule has 0 atom stereocenters. The highest BCUT2D eigenvalue weighted by atomic mass is 16.2. The summed E-state index contributed by atoms with van der Waals surface area (Å²) in [5.41, 5.74) is 1.04. The summed E-state index contributed by atoms with van der Waals surface area (Å²) in [6.07, 6.45) is 3.42. The summed E-state index contributed by atoms with van der Waals surface area (Å²) in [5, 5.41) is 5.55. The Morgan fingerprint density at radius 1 is 1.31 bits per heavy atom. The van der Waals surface area contributed by atoms with Gasteiger partial charge in [0.25, 0.3) is 0 Å². The van der Waals surface area contributed by atoms with E-state index in [0.717, 1.165) is 12.1 Å². The largest absolute Gasteiger partial charge is 0.337 e. The van der Waals surface area contributed by atoms with Crippen LogP contribution in [0, 0.1) is 0 Å². The molecule has 1 heterocycles. The Hall–Kier alpha value is -1.62. The second-order valence-electron chi connectivity index (χ2n) is 3.77. The van der Waals surface area contributed by atoms with Crippen molar-refractivity contribution in [2.45, 2.75) is 6.54 Å². The maximum atomic E-state index is 11.3. The third-order valence-corrected chi connectivity index (χ3v) is 2.05. The van der Waals surface area contributed by atoms with Crippen molar-refractivity contribution in [3.63, 3.8) is 0 Å². The van der Waals surface area contributed by atoms with Crippen LogP contribution < -0.4 is 10.6 Å². The van der Waals surface area contributed by atoms with E-state index in [1.807, 2.05) is 31.1 Å². The fraction of sp³-hybridized carbons (Fsp3) is 0.455. The number of amides is 2. The molecule has 0 spiro atoms. The molecule has 0 aliphatic carbocycles. The highest BCUT2D eigenvalue weighted by Crippen LogP contribution is 1.94. The first-order chi connectivity index (χ1) is 7.68. The third-order valence-electron chi connectivity index (χ3n) is 2.05. The van der Waals surface area contributed by atoms with E-state index in [4.69, 9.17) is 0 Å². The quantitative estimate of drug-likeness (QED) is 0.760. The van der Waals surface area contributed by atoms with Crippen LogP contribution in [-0.2, 0) is 6.54 Å². The standard InChI is InChI=1S/C11H18N4O/c1-15(2)8-7-13-11(16)14-9-10-3-5-12-6-4-10/h3-6H,7-9H2,1-2H3,(H2,13,14,16). The molecule has 16 heavy (non-hydrogen) atoms. The lowest BCUT2D eigenvalue weighted by Crippen LogP contribution is -2.38. The maximum Gasteiger partial charge on any atom is 0.315 e. The summed E-state index contributed by atoms with van der Waals surface area (Å²) in [5.74, 6) is 0. The number of carbonyl (C=O) groups is 1. The van der Waals surface area contributed by atoms with Crippen molar-refractivity contribution in [2.75, 3.05) is 27.2 Å². The van der Waals surface area contributed by atoms with Crippen molar-refractivity contribution in [2.24, 2.45) is 0 Å². The zero-order valence-corrected chi connectivity index (χ0v) is 9.73. The highest BCUT2D eigenvalue weighted by Gasteiger charge is 1.99. The van der Waals surface area contributed by atoms with Crippen LogP contribution in [0.5, 0.6) is 0 Å². The molecule has 0 fully saturated rings. The van der Waals surface area contributed by atoms with E-state index in [9.17, 15) is 4.79 Å². The first-order valence-electron chi connectivity index (χ1n) is 5.24. The summed E-state index contributed by atoms with van der Waals surface area (Å²) in [6, 6.07) is 3.61. The summed E-state index contributed by atoms with van der Waals surface area (Å²) >= 11 is 0. The minimum atomic E-state index is -0.140. The van der Waals surface area contributed by atoms with Crippen LogP contribution in [0.3, 0.4) is 0 Å². The Labute approximate surface area is 95.9 Å². The number of nitrogens with zero attached hydrogens (tertiary/aromatic N) is 2. The van der Waals surface area contributed by atoms with Gasteiger partial charge in [-0.15, -0.1) is 0 Å². The van der Waals surface area contributed by atoms with Crippen molar-refractivity contribution in [1.82, 2.24) is 20.5 Å². The van der Waals surface area contributed by atoms with E-state index < -0.39 is 0 Å². The molecule has 1 aromatic heterocycles. The number of carbonyl (C=O) groups excluding carboxylic acids is 1. The topological polar surface area (TPSA) is 57.3 Å². The predicted octanol–water partition coefficient (Wildman–Crippen LogP) is 0.442. The molecular formula is C11H18N4O. The smallest absolute Gasteiger partial charge is 0.315 e. The second-order valence-corrected chi connectivity index (χ2v) is 3.77. The third kappa shape index (κ3) is 5.31. The Balaban J connectivity index is 2.16. The minimum absolute atomic E-state index is 0.140. The molecule has 0 aliphatic heterocycles. The summed E-state index contributed by atoms with van der Waals surface area (Å²) in [7, 11) is 3.94. The van der Waals surface area contributed by atoms with Gasteiger partial charge < -0.3 is 15.5 Å². The van der Waals surface area contributed by atoms with Crippen LogP contribution in [0.2, 0.25) is 0 Å². The normalized spacial score (nSPS) is 10.2. The Morgan fingerprint density at radius 3 is 2.62 bits per heavy atom. The molecule has 0 saturated heterocycles. The number of aromatic nitrogens is 1. The van der Waals surface area contributed by atoms with Crippen molar-refractivity contribution in [1.29, 1.82) is 0 Å². The zero-order chi connectivity index (χ0) is 11.8. The number of likely N-dealkylation sites (N-methyl/N-ethyl adjacent to an activating group) is 1. The number of rotatable bonds is 5. The Kier molecular flexibility index (Phi) is 5.28. The van der Waals surface area contributed by atoms with E-state index >= 15 is 0 Å². The van der Waals surface area contributed by atoms with Gasteiger partial charge in [0.2, 0.25) is 0 Å². The van der Waals surface area contributed by atoms with E-state index in [1.54, 1.807) is 12.4 Å². The fourth-order valence-electron chi connectivity index (χ4n) is 1.14. The van der Waals surface area contributed by atoms with Gasteiger partial charge in [0.15, 0.2) is 0 Å². The SMILES string of the molecule is CN(C)CCNC(=O)NCc1ccncc1. The molecule has 1 rings (SSSR count). The van der Waals surface area contributed by atoms with Crippen LogP contribution in [0.25, 0.3) is 0 Å². The molecule has 0 aromatic carbocycles. The van der Waals surface area contributed by atoms with E-state index in [-0.39, 0.29) is 6.03 Å². The average Bonchev–Trinajstić information content (AvgIpc) is 2.27. The van der Waals surface area contributed by atoms with Gasteiger partial charge in [-0.05, 0) is 31.8 Å². The maximum absolute atomic E-state index is 11.3. The summed E-state index contributed by atoms with van der Waals surface area (Å²) < 4.78 is 0. The molecule has 5 nitrogen and oxygen atoms in total. The minimum Gasteiger partial charge on any atom is -0.337 e. The number of hydrogen-bond acceptors (Lipinski definition) is 3. The molecule has 5 heteroatoms. The molecular weight excluding hydrogens is 204 g/mol. The van der Waals surface area contributed by atoms with Crippen molar-refractivity contribution < 1.29 is 4.79 Å². The molecule has 2 N–H and O–H groups in total. The van der Waals surface area contributed by atoms with Crippen molar-refractivity contribution in [3.05, 3.63) is 30.1 Å². The van der Waals surface area contributed by atoms with Gasteiger partial charge in [-0.1, -0.05) is 0 Å². The number of hydrogen-bond donors (Lipinski definition) is 2. The lowest BCUT2D eigenvalue weighted by atomic mass is 10.3.